The lowest BCUT2D eigenvalue weighted by molar-refractivity contribution is 0.411. The lowest BCUT2D eigenvalue weighted by atomic mass is 10.1. The molecule has 0 amide bonds. The van der Waals surface area contributed by atoms with Gasteiger partial charge in [0.25, 0.3) is 10.2 Å². The second-order valence-electron chi connectivity index (χ2n) is 4.94. The first-order chi connectivity index (χ1) is 6.54. The number of hydrogen-bond donors (Lipinski definition) is 2. The van der Waals surface area contributed by atoms with Crippen molar-refractivity contribution in [3.8, 4) is 0 Å². The van der Waals surface area contributed by atoms with Gasteiger partial charge in [-0.3, -0.25) is 0 Å². The molecule has 0 aromatic rings. The minimum atomic E-state index is -3.39. The Bertz CT molecular complexity index is 280. The fraction of sp³-hybridized carbons (Fsp3) is 1.00. The number of rotatable bonds is 5. The average Bonchev–Trinajstić information content (AvgIpc) is 1.94. The van der Waals surface area contributed by atoms with Crippen LogP contribution in [0.25, 0.3) is 0 Å². The quantitative estimate of drug-likeness (QED) is 0.721. The Balaban J connectivity index is 4.34. The predicted octanol–water partition coefficient (Wildman–Crippen LogP) is 0.288. The summed E-state index contributed by atoms with van der Waals surface area (Å²) in [5, 5.41) is 0. The van der Waals surface area contributed by atoms with E-state index in [4.69, 9.17) is 5.73 Å². The van der Waals surface area contributed by atoms with Gasteiger partial charge in [-0.2, -0.15) is 17.4 Å². The van der Waals surface area contributed by atoms with Crippen molar-refractivity contribution in [3.63, 3.8) is 0 Å². The summed E-state index contributed by atoms with van der Waals surface area (Å²) in [6.07, 6.45) is 0.654. The summed E-state index contributed by atoms with van der Waals surface area (Å²) in [5.74, 6) is 0. The lowest BCUT2D eigenvalue weighted by Gasteiger charge is -2.25. The van der Waals surface area contributed by atoms with Crippen molar-refractivity contribution < 1.29 is 8.42 Å². The Labute approximate surface area is 93.2 Å². The maximum Gasteiger partial charge on any atom is 0.279 e. The Hall–Kier alpha value is -0.170. The molecule has 0 aliphatic rings. The van der Waals surface area contributed by atoms with Crippen LogP contribution in [0, 0.1) is 0 Å². The monoisotopic (exact) mass is 237 g/mol. The minimum Gasteiger partial charge on any atom is -0.328 e. The molecule has 0 bridgehead atoms. The van der Waals surface area contributed by atoms with Crippen molar-refractivity contribution in [2.24, 2.45) is 5.73 Å². The van der Waals surface area contributed by atoms with Crippen LogP contribution >= 0.6 is 0 Å². The van der Waals surface area contributed by atoms with E-state index in [1.807, 2.05) is 27.7 Å². The highest BCUT2D eigenvalue weighted by Gasteiger charge is 2.23. The highest BCUT2D eigenvalue weighted by Crippen LogP contribution is 2.05. The standard InChI is InChI=1S/C9H23N3O2S/c1-8(10)6-7-12(5)15(13,14)11-9(2,3)4/h8,11H,6-7,10H2,1-5H3. The van der Waals surface area contributed by atoms with Crippen LogP contribution < -0.4 is 10.5 Å². The fourth-order valence-corrected chi connectivity index (χ4v) is 2.25. The lowest BCUT2D eigenvalue weighted by Crippen LogP contribution is -2.48. The zero-order valence-corrected chi connectivity index (χ0v) is 11.1. The van der Waals surface area contributed by atoms with Crippen LogP contribution in [0.3, 0.4) is 0 Å². The van der Waals surface area contributed by atoms with Gasteiger partial charge in [0.15, 0.2) is 0 Å². The molecule has 0 aromatic heterocycles. The molecule has 1 unspecified atom stereocenters. The van der Waals surface area contributed by atoms with E-state index in [-0.39, 0.29) is 6.04 Å². The molecule has 0 aliphatic carbocycles. The largest absolute Gasteiger partial charge is 0.328 e. The summed E-state index contributed by atoms with van der Waals surface area (Å²) >= 11 is 0. The normalized spacial score (nSPS) is 15.7. The van der Waals surface area contributed by atoms with Gasteiger partial charge in [0.05, 0.1) is 0 Å². The molecule has 5 nitrogen and oxygen atoms in total. The van der Waals surface area contributed by atoms with Gasteiger partial charge in [-0.1, -0.05) is 0 Å². The molecule has 0 aliphatic heterocycles. The van der Waals surface area contributed by atoms with Gasteiger partial charge in [-0.15, -0.1) is 0 Å². The highest BCUT2D eigenvalue weighted by atomic mass is 32.2. The van der Waals surface area contributed by atoms with Gasteiger partial charge in [-0.25, -0.2) is 0 Å². The van der Waals surface area contributed by atoms with Gasteiger partial charge >= 0.3 is 0 Å². The van der Waals surface area contributed by atoms with Crippen LogP contribution in [0.15, 0.2) is 0 Å². The van der Waals surface area contributed by atoms with E-state index >= 15 is 0 Å². The molecule has 0 spiro atoms. The maximum atomic E-state index is 11.7. The first kappa shape index (κ1) is 14.8. The molecule has 0 aromatic carbocycles. The maximum absolute atomic E-state index is 11.7. The molecule has 1 atom stereocenters. The van der Waals surface area contributed by atoms with Gasteiger partial charge in [-0.05, 0) is 34.1 Å². The summed E-state index contributed by atoms with van der Waals surface area (Å²) in [4.78, 5) is 0. The molecule has 15 heavy (non-hydrogen) atoms. The number of nitrogens with one attached hydrogen (secondary N) is 1. The van der Waals surface area contributed by atoms with Crippen LogP contribution in [0.5, 0.6) is 0 Å². The third-order valence-corrected chi connectivity index (χ3v) is 3.62. The molecule has 0 radical (unpaired) electrons. The van der Waals surface area contributed by atoms with E-state index < -0.39 is 15.7 Å². The van der Waals surface area contributed by atoms with Crippen LogP contribution in [0.4, 0.5) is 0 Å². The molecule has 3 N–H and O–H groups in total. The van der Waals surface area contributed by atoms with E-state index in [2.05, 4.69) is 4.72 Å². The second-order valence-corrected chi connectivity index (χ2v) is 6.72. The Kier molecular flexibility index (Phi) is 5.19. The van der Waals surface area contributed by atoms with Crippen molar-refractivity contribution >= 4 is 10.2 Å². The summed E-state index contributed by atoms with van der Waals surface area (Å²) < 4.78 is 27.3. The summed E-state index contributed by atoms with van der Waals surface area (Å²) in [6, 6.07) is 0.0114. The Morgan fingerprint density at radius 2 is 1.87 bits per heavy atom. The van der Waals surface area contributed by atoms with Crippen LogP contribution in [0.2, 0.25) is 0 Å². The van der Waals surface area contributed by atoms with Gasteiger partial charge < -0.3 is 5.73 Å². The molecule has 92 valence electrons. The van der Waals surface area contributed by atoms with Gasteiger partial charge in [0, 0.05) is 25.2 Å². The van der Waals surface area contributed by atoms with Crippen LogP contribution in [0.1, 0.15) is 34.1 Å². The molecule has 0 saturated heterocycles. The summed E-state index contributed by atoms with van der Waals surface area (Å²) in [5.41, 5.74) is 5.11. The third kappa shape index (κ3) is 6.83. The molecular formula is C9H23N3O2S. The average molecular weight is 237 g/mol. The molecule has 0 fully saturated rings. The molecule has 0 heterocycles. The number of nitrogens with two attached hydrogens (primary N) is 1. The fourth-order valence-electron chi connectivity index (χ4n) is 0.970. The van der Waals surface area contributed by atoms with E-state index in [1.165, 1.54) is 4.31 Å². The molecule has 0 saturated carbocycles. The van der Waals surface area contributed by atoms with E-state index in [0.29, 0.717) is 13.0 Å². The second kappa shape index (κ2) is 5.25. The van der Waals surface area contributed by atoms with Crippen LogP contribution in [-0.2, 0) is 10.2 Å². The van der Waals surface area contributed by atoms with Crippen molar-refractivity contribution in [2.75, 3.05) is 13.6 Å². The molecule has 0 rings (SSSR count). The Morgan fingerprint density at radius 3 is 2.20 bits per heavy atom. The van der Waals surface area contributed by atoms with Crippen LogP contribution in [-0.4, -0.2) is 37.9 Å². The zero-order chi connectivity index (χ0) is 12.3. The first-order valence-electron chi connectivity index (χ1n) is 5.05. The SMILES string of the molecule is CC(N)CCN(C)S(=O)(=O)NC(C)(C)C. The molecular weight excluding hydrogens is 214 g/mol. The summed E-state index contributed by atoms with van der Waals surface area (Å²) in [6.45, 7) is 7.72. The smallest absolute Gasteiger partial charge is 0.279 e. The number of nitrogens with zero attached hydrogens (tertiary/aromatic N) is 1. The van der Waals surface area contributed by atoms with Crippen molar-refractivity contribution in [1.29, 1.82) is 0 Å². The number of hydrogen-bond acceptors (Lipinski definition) is 3. The van der Waals surface area contributed by atoms with E-state index in [9.17, 15) is 8.42 Å². The Morgan fingerprint density at radius 1 is 1.40 bits per heavy atom. The van der Waals surface area contributed by atoms with Crippen molar-refractivity contribution in [3.05, 3.63) is 0 Å². The zero-order valence-electron chi connectivity index (χ0n) is 10.2. The van der Waals surface area contributed by atoms with Crippen molar-refractivity contribution in [1.82, 2.24) is 9.03 Å². The van der Waals surface area contributed by atoms with Crippen molar-refractivity contribution in [2.45, 2.75) is 45.7 Å². The molecule has 6 heteroatoms. The first-order valence-corrected chi connectivity index (χ1v) is 6.49. The minimum absolute atomic E-state index is 0.0114. The highest BCUT2D eigenvalue weighted by molar-refractivity contribution is 7.87. The summed E-state index contributed by atoms with van der Waals surface area (Å²) in [7, 11) is -1.83. The van der Waals surface area contributed by atoms with E-state index in [0.717, 1.165) is 0 Å². The topological polar surface area (TPSA) is 75.4 Å². The third-order valence-electron chi connectivity index (χ3n) is 1.74. The van der Waals surface area contributed by atoms with Gasteiger partial charge in [0.2, 0.25) is 0 Å². The predicted molar refractivity (Wildman–Crippen MR) is 62.7 cm³/mol. The van der Waals surface area contributed by atoms with E-state index in [1.54, 1.807) is 7.05 Å². The van der Waals surface area contributed by atoms with Gasteiger partial charge in [0.1, 0.15) is 0 Å².